The van der Waals surface area contributed by atoms with E-state index in [-0.39, 0.29) is 36.3 Å². The summed E-state index contributed by atoms with van der Waals surface area (Å²) < 4.78 is 21.2. The normalized spacial score (nSPS) is 15.1. The number of guanidine groups is 1. The van der Waals surface area contributed by atoms with E-state index in [2.05, 4.69) is 30.7 Å². The van der Waals surface area contributed by atoms with Crippen molar-refractivity contribution in [2.45, 2.75) is 20.0 Å². The zero-order valence-corrected chi connectivity index (χ0v) is 19.2. The maximum absolute atomic E-state index is 13.9. The third-order valence-electron chi connectivity index (χ3n) is 4.79. The molecule has 0 bridgehead atoms. The first-order valence-corrected chi connectivity index (χ1v) is 9.54. The second-order valence-corrected chi connectivity index (χ2v) is 6.71. The van der Waals surface area contributed by atoms with Crippen LogP contribution in [0.5, 0.6) is 0 Å². The van der Waals surface area contributed by atoms with Gasteiger partial charge in [-0.2, -0.15) is 0 Å². The minimum Gasteiger partial charge on any atom is -0.379 e. The van der Waals surface area contributed by atoms with E-state index in [1.165, 1.54) is 6.07 Å². The zero-order valence-electron chi connectivity index (χ0n) is 16.9. The summed E-state index contributed by atoms with van der Waals surface area (Å²) in [6.45, 7) is 7.72. The number of aliphatic imine (C=N–C) groups is 1. The van der Waals surface area contributed by atoms with E-state index in [1.54, 1.807) is 12.1 Å². The van der Waals surface area contributed by atoms with Crippen molar-refractivity contribution >= 4 is 29.9 Å². The molecule has 1 aromatic heterocycles. The van der Waals surface area contributed by atoms with Crippen LogP contribution in [0.1, 0.15) is 17.2 Å². The molecule has 8 nitrogen and oxygen atoms in total. The van der Waals surface area contributed by atoms with Gasteiger partial charge >= 0.3 is 0 Å². The Balaban J connectivity index is 0.00000300. The number of aryl methyl sites for hydroxylation is 1. The van der Waals surface area contributed by atoms with Gasteiger partial charge < -0.3 is 19.9 Å². The van der Waals surface area contributed by atoms with Crippen LogP contribution in [0, 0.1) is 12.7 Å². The number of rotatable bonds is 7. The third kappa shape index (κ3) is 7.19. The standard InChI is InChI=1S/C19H28FN7O.HI/c1-15-24-25-18(26(15)2)14-23-19(21-7-8-27-9-11-28-12-10-27)22-13-16-5-3-4-6-17(16)20;/h3-6H,7-14H2,1-2H3,(H2,21,22,23);1H. The van der Waals surface area contributed by atoms with Gasteiger partial charge in [-0.3, -0.25) is 4.90 Å². The van der Waals surface area contributed by atoms with Gasteiger partial charge in [0.05, 0.1) is 26.3 Å². The molecule has 1 saturated heterocycles. The smallest absolute Gasteiger partial charge is 0.192 e. The number of aromatic nitrogens is 3. The Bertz CT molecular complexity index is 793. The van der Waals surface area contributed by atoms with Crippen molar-refractivity contribution in [3.63, 3.8) is 0 Å². The number of nitrogens with one attached hydrogen (secondary N) is 2. The van der Waals surface area contributed by atoms with Crippen LogP contribution in [-0.2, 0) is 24.9 Å². The summed E-state index contributed by atoms with van der Waals surface area (Å²) in [4.78, 5) is 6.89. The Morgan fingerprint density at radius 3 is 2.66 bits per heavy atom. The highest BCUT2D eigenvalue weighted by molar-refractivity contribution is 14.0. The van der Waals surface area contributed by atoms with Crippen LogP contribution >= 0.6 is 24.0 Å². The lowest BCUT2D eigenvalue weighted by Crippen LogP contribution is -2.44. The van der Waals surface area contributed by atoms with E-state index in [4.69, 9.17) is 4.74 Å². The zero-order chi connectivity index (χ0) is 19.8. The van der Waals surface area contributed by atoms with Crippen LogP contribution in [0.2, 0.25) is 0 Å². The van der Waals surface area contributed by atoms with Crippen LogP contribution in [0.4, 0.5) is 4.39 Å². The number of benzene rings is 1. The SMILES string of the molecule is Cc1nnc(CNC(=NCc2ccccc2F)NCCN2CCOCC2)n1C.I. The minimum absolute atomic E-state index is 0. The molecule has 0 spiro atoms. The third-order valence-corrected chi connectivity index (χ3v) is 4.79. The second-order valence-electron chi connectivity index (χ2n) is 6.71. The summed E-state index contributed by atoms with van der Waals surface area (Å²) in [5, 5.41) is 14.8. The molecule has 160 valence electrons. The van der Waals surface area contributed by atoms with E-state index in [0.717, 1.165) is 51.0 Å². The molecule has 3 rings (SSSR count). The van der Waals surface area contributed by atoms with Gasteiger partial charge in [-0.1, -0.05) is 18.2 Å². The maximum atomic E-state index is 13.9. The largest absolute Gasteiger partial charge is 0.379 e. The minimum atomic E-state index is -0.247. The predicted octanol–water partition coefficient (Wildman–Crippen LogP) is 1.45. The monoisotopic (exact) mass is 517 g/mol. The van der Waals surface area contributed by atoms with Gasteiger partial charge in [0, 0.05) is 38.8 Å². The summed E-state index contributed by atoms with van der Waals surface area (Å²) in [6.07, 6.45) is 0. The fraction of sp³-hybridized carbons (Fsp3) is 0.526. The lowest BCUT2D eigenvalue weighted by atomic mass is 10.2. The van der Waals surface area contributed by atoms with E-state index in [0.29, 0.717) is 18.1 Å². The Morgan fingerprint density at radius 1 is 1.21 bits per heavy atom. The number of ether oxygens (including phenoxy) is 1. The van der Waals surface area contributed by atoms with Gasteiger partial charge in [0.1, 0.15) is 11.6 Å². The van der Waals surface area contributed by atoms with Gasteiger partial charge in [0.15, 0.2) is 11.8 Å². The average molecular weight is 517 g/mol. The molecule has 10 heteroatoms. The summed E-state index contributed by atoms with van der Waals surface area (Å²) in [5.74, 6) is 2.04. The molecule has 1 aliphatic heterocycles. The highest BCUT2D eigenvalue weighted by atomic mass is 127. The summed E-state index contributed by atoms with van der Waals surface area (Å²) in [5.41, 5.74) is 0.561. The van der Waals surface area contributed by atoms with Gasteiger partial charge in [0.2, 0.25) is 0 Å². The molecular weight excluding hydrogens is 488 g/mol. The molecule has 2 heterocycles. The molecule has 29 heavy (non-hydrogen) atoms. The van der Waals surface area contributed by atoms with Gasteiger partial charge in [-0.05, 0) is 13.0 Å². The molecule has 2 N–H and O–H groups in total. The Labute approximate surface area is 188 Å². The first-order valence-electron chi connectivity index (χ1n) is 9.54. The molecule has 0 aliphatic carbocycles. The number of halogens is 2. The van der Waals surface area contributed by atoms with Gasteiger partial charge in [-0.25, -0.2) is 9.38 Å². The summed E-state index contributed by atoms with van der Waals surface area (Å²) in [6, 6.07) is 6.69. The average Bonchev–Trinajstić information content (AvgIpc) is 3.03. The van der Waals surface area contributed by atoms with E-state index < -0.39 is 0 Å². The number of hydrogen-bond acceptors (Lipinski definition) is 5. The maximum Gasteiger partial charge on any atom is 0.192 e. The second kappa shape index (κ2) is 12.0. The van der Waals surface area contributed by atoms with Gasteiger partial charge in [0.25, 0.3) is 0 Å². The fourth-order valence-electron chi connectivity index (χ4n) is 2.89. The van der Waals surface area contributed by atoms with Crippen molar-refractivity contribution in [3.8, 4) is 0 Å². The van der Waals surface area contributed by atoms with Crippen LogP contribution in [0.15, 0.2) is 29.3 Å². The first kappa shape index (κ1) is 23.5. The molecule has 0 amide bonds. The fourth-order valence-corrected chi connectivity index (χ4v) is 2.89. The number of nitrogens with zero attached hydrogens (tertiary/aromatic N) is 5. The van der Waals surface area contributed by atoms with E-state index in [9.17, 15) is 4.39 Å². The number of hydrogen-bond donors (Lipinski definition) is 2. The van der Waals surface area contributed by atoms with Crippen molar-refractivity contribution in [3.05, 3.63) is 47.3 Å². The Kier molecular flexibility index (Phi) is 9.74. The van der Waals surface area contributed by atoms with Crippen molar-refractivity contribution in [1.82, 2.24) is 30.3 Å². The molecule has 1 aromatic carbocycles. The lowest BCUT2D eigenvalue weighted by molar-refractivity contribution is 0.0389. The van der Waals surface area contributed by atoms with E-state index >= 15 is 0 Å². The molecular formula is C19H29FIN7O. The molecule has 0 atom stereocenters. The predicted molar refractivity (Wildman–Crippen MR) is 121 cm³/mol. The van der Waals surface area contributed by atoms with Crippen LogP contribution in [-0.4, -0.2) is 65.0 Å². The summed E-state index contributed by atoms with van der Waals surface area (Å²) >= 11 is 0. The van der Waals surface area contributed by atoms with Crippen molar-refractivity contribution in [1.29, 1.82) is 0 Å². The molecule has 1 fully saturated rings. The topological polar surface area (TPSA) is 79.6 Å². The Morgan fingerprint density at radius 2 is 1.97 bits per heavy atom. The highest BCUT2D eigenvalue weighted by Gasteiger charge is 2.11. The Hall–Kier alpha value is -1.79. The van der Waals surface area contributed by atoms with Crippen LogP contribution in [0.25, 0.3) is 0 Å². The first-order chi connectivity index (χ1) is 13.6. The summed E-state index contributed by atoms with van der Waals surface area (Å²) in [7, 11) is 1.92. The van der Waals surface area contributed by atoms with Crippen molar-refractivity contribution in [2.75, 3.05) is 39.4 Å². The molecule has 2 aromatic rings. The van der Waals surface area contributed by atoms with Crippen LogP contribution in [0.3, 0.4) is 0 Å². The highest BCUT2D eigenvalue weighted by Crippen LogP contribution is 2.07. The van der Waals surface area contributed by atoms with Crippen LogP contribution < -0.4 is 10.6 Å². The molecule has 1 aliphatic rings. The van der Waals surface area contributed by atoms with E-state index in [1.807, 2.05) is 24.6 Å². The van der Waals surface area contributed by atoms with Crippen molar-refractivity contribution in [2.24, 2.45) is 12.0 Å². The quantitative estimate of drug-likeness (QED) is 0.329. The number of morpholine rings is 1. The lowest BCUT2D eigenvalue weighted by Gasteiger charge is -2.26. The molecule has 0 unspecified atom stereocenters. The van der Waals surface area contributed by atoms with Gasteiger partial charge in [-0.15, -0.1) is 34.2 Å². The molecule has 0 radical (unpaired) electrons. The molecule has 0 saturated carbocycles. The van der Waals surface area contributed by atoms with Crippen molar-refractivity contribution < 1.29 is 9.13 Å².